The van der Waals surface area contributed by atoms with E-state index in [1.54, 1.807) is 29.5 Å². The van der Waals surface area contributed by atoms with Crippen molar-refractivity contribution in [3.63, 3.8) is 0 Å². The van der Waals surface area contributed by atoms with Crippen molar-refractivity contribution in [2.24, 2.45) is 0 Å². The van der Waals surface area contributed by atoms with Gasteiger partial charge in [0.15, 0.2) is 11.6 Å². The van der Waals surface area contributed by atoms with Gasteiger partial charge < -0.3 is 15.2 Å². The molecule has 2 rings (SSSR count). The average Bonchev–Trinajstić information content (AvgIpc) is 2.98. The van der Waals surface area contributed by atoms with Crippen LogP contribution in [0.25, 0.3) is 0 Å². The summed E-state index contributed by atoms with van der Waals surface area (Å²) in [5.41, 5.74) is 0. The third kappa shape index (κ3) is 5.63. The molecule has 1 aromatic heterocycles. The molecule has 0 amide bonds. The van der Waals surface area contributed by atoms with E-state index >= 15 is 0 Å². The molecule has 0 radical (unpaired) electrons. The molecule has 116 valence electrons. The maximum atomic E-state index is 13.3. The van der Waals surface area contributed by atoms with Gasteiger partial charge in [-0.05, 0) is 30.5 Å². The molecule has 2 unspecified atom stereocenters. The van der Waals surface area contributed by atoms with Crippen LogP contribution in [0, 0.1) is 5.82 Å². The van der Waals surface area contributed by atoms with E-state index in [0.717, 1.165) is 0 Å². The van der Waals surface area contributed by atoms with Crippen molar-refractivity contribution in [2.75, 3.05) is 13.2 Å². The molecule has 0 bridgehead atoms. The Balaban J connectivity index is 0.00000220. The average molecular weight is 332 g/mol. The van der Waals surface area contributed by atoms with Crippen LogP contribution in [0.1, 0.15) is 17.8 Å². The molecule has 21 heavy (non-hydrogen) atoms. The van der Waals surface area contributed by atoms with Crippen LogP contribution in [0.3, 0.4) is 0 Å². The van der Waals surface area contributed by atoms with E-state index in [0.29, 0.717) is 6.54 Å². The molecule has 1 aromatic carbocycles. The van der Waals surface area contributed by atoms with Gasteiger partial charge in [-0.15, -0.1) is 23.7 Å². The van der Waals surface area contributed by atoms with Crippen molar-refractivity contribution in [1.82, 2.24) is 5.32 Å². The number of hydrogen-bond donors (Lipinski definition) is 2. The van der Waals surface area contributed by atoms with Gasteiger partial charge in [0.25, 0.3) is 0 Å². The molecule has 1 heterocycles. The maximum absolute atomic E-state index is 13.3. The number of nitrogens with one attached hydrogen (secondary N) is 1. The molecule has 0 aliphatic carbocycles. The van der Waals surface area contributed by atoms with Crippen LogP contribution in [-0.4, -0.2) is 24.4 Å². The normalized spacial score (nSPS) is 13.3. The molecule has 6 heteroatoms. The molecular weight excluding hydrogens is 313 g/mol. The SMILES string of the molecule is CC(NCC(O)COc1ccccc1F)c1cccs1.Cl. The van der Waals surface area contributed by atoms with Crippen molar-refractivity contribution < 1.29 is 14.2 Å². The smallest absolute Gasteiger partial charge is 0.165 e. The lowest BCUT2D eigenvalue weighted by Gasteiger charge is -2.17. The highest BCUT2D eigenvalue weighted by Gasteiger charge is 2.11. The van der Waals surface area contributed by atoms with Crippen LogP contribution in [0.15, 0.2) is 41.8 Å². The minimum Gasteiger partial charge on any atom is -0.488 e. The Morgan fingerprint density at radius 2 is 2.05 bits per heavy atom. The van der Waals surface area contributed by atoms with Gasteiger partial charge in [0.2, 0.25) is 0 Å². The summed E-state index contributed by atoms with van der Waals surface area (Å²) in [4.78, 5) is 1.22. The number of para-hydroxylation sites is 1. The minimum atomic E-state index is -0.683. The Labute approximate surface area is 134 Å². The van der Waals surface area contributed by atoms with Crippen LogP contribution in [0.5, 0.6) is 5.75 Å². The lowest BCUT2D eigenvalue weighted by molar-refractivity contribution is 0.102. The van der Waals surface area contributed by atoms with Gasteiger partial charge in [-0.3, -0.25) is 0 Å². The van der Waals surface area contributed by atoms with Crippen LogP contribution in [0.2, 0.25) is 0 Å². The number of aliphatic hydroxyl groups excluding tert-OH is 1. The number of hydrogen-bond acceptors (Lipinski definition) is 4. The first-order valence-corrected chi connectivity index (χ1v) is 7.37. The third-order valence-corrected chi connectivity index (χ3v) is 3.95. The fourth-order valence-corrected chi connectivity index (χ4v) is 2.52. The van der Waals surface area contributed by atoms with Crippen molar-refractivity contribution in [3.8, 4) is 5.75 Å². The summed E-state index contributed by atoms with van der Waals surface area (Å²) in [6, 6.07) is 10.4. The van der Waals surface area contributed by atoms with E-state index in [4.69, 9.17) is 4.74 Å². The lowest BCUT2D eigenvalue weighted by atomic mass is 10.2. The van der Waals surface area contributed by atoms with E-state index in [2.05, 4.69) is 5.32 Å². The molecule has 0 saturated heterocycles. The molecule has 0 aliphatic heterocycles. The van der Waals surface area contributed by atoms with Gasteiger partial charge in [-0.2, -0.15) is 0 Å². The number of aliphatic hydroxyl groups is 1. The van der Waals surface area contributed by atoms with Crippen LogP contribution in [-0.2, 0) is 0 Å². The summed E-state index contributed by atoms with van der Waals surface area (Å²) in [6.45, 7) is 2.49. The number of ether oxygens (including phenoxy) is 1. The quantitative estimate of drug-likeness (QED) is 0.817. The van der Waals surface area contributed by atoms with Gasteiger partial charge in [0, 0.05) is 17.5 Å². The summed E-state index contributed by atoms with van der Waals surface area (Å²) >= 11 is 1.67. The van der Waals surface area contributed by atoms with Gasteiger partial charge in [-0.1, -0.05) is 18.2 Å². The number of rotatable bonds is 7. The fourth-order valence-electron chi connectivity index (χ4n) is 1.76. The summed E-state index contributed by atoms with van der Waals surface area (Å²) in [5, 5.41) is 15.1. The van der Waals surface area contributed by atoms with Crippen LogP contribution < -0.4 is 10.1 Å². The van der Waals surface area contributed by atoms with Gasteiger partial charge >= 0.3 is 0 Å². The Hall–Kier alpha value is -1.14. The number of benzene rings is 1. The number of thiophene rings is 1. The predicted molar refractivity (Wildman–Crippen MR) is 85.9 cm³/mol. The van der Waals surface area contributed by atoms with Crippen LogP contribution in [0.4, 0.5) is 4.39 Å². The lowest BCUT2D eigenvalue weighted by Crippen LogP contribution is -2.32. The Morgan fingerprint density at radius 3 is 2.71 bits per heavy atom. The Kier molecular flexibility index (Phi) is 7.67. The van der Waals surface area contributed by atoms with Crippen molar-refractivity contribution in [1.29, 1.82) is 0 Å². The van der Waals surface area contributed by atoms with E-state index in [-0.39, 0.29) is 30.8 Å². The van der Waals surface area contributed by atoms with E-state index in [1.807, 2.05) is 24.4 Å². The fraction of sp³-hybridized carbons (Fsp3) is 0.333. The summed E-state index contributed by atoms with van der Waals surface area (Å²) in [7, 11) is 0. The van der Waals surface area contributed by atoms with Gasteiger partial charge in [0.1, 0.15) is 12.7 Å². The highest BCUT2D eigenvalue weighted by atomic mass is 35.5. The topological polar surface area (TPSA) is 41.5 Å². The molecule has 3 nitrogen and oxygen atoms in total. The van der Waals surface area contributed by atoms with Crippen molar-refractivity contribution >= 4 is 23.7 Å². The first kappa shape index (κ1) is 17.9. The first-order chi connectivity index (χ1) is 9.66. The van der Waals surface area contributed by atoms with Gasteiger partial charge in [-0.25, -0.2) is 4.39 Å². The van der Waals surface area contributed by atoms with E-state index in [1.165, 1.54) is 10.9 Å². The summed E-state index contributed by atoms with van der Waals surface area (Å²) in [5.74, 6) is -0.252. The second kappa shape index (κ2) is 9.00. The largest absolute Gasteiger partial charge is 0.488 e. The highest BCUT2D eigenvalue weighted by molar-refractivity contribution is 7.10. The second-order valence-electron chi connectivity index (χ2n) is 4.54. The van der Waals surface area contributed by atoms with Crippen molar-refractivity contribution in [3.05, 3.63) is 52.5 Å². The Morgan fingerprint density at radius 1 is 1.29 bits per heavy atom. The van der Waals surface area contributed by atoms with Crippen LogP contribution >= 0.6 is 23.7 Å². The second-order valence-corrected chi connectivity index (χ2v) is 5.52. The van der Waals surface area contributed by atoms with E-state index in [9.17, 15) is 9.50 Å². The van der Waals surface area contributed by atoms with Gasteiger partial charge in [0.05, 0.1) is 0 Å². The van der Waals surface area contributed by atoms with E-state index < -0.39 is 11.9 Å². The zero-order valence-corrected chi connectivity index (χ0v) is 13.3. The molecule has 0 spiro atoms. The monoisotopic (exact) mass is 331 g/mol. The molecule has 2 atom stereocenters. The predicted octanol–water partition coefficient (Wildman–Crippen LogP) is 3.40. The molecule has 0 fully saturated rings. The molecule has 0 aliphatic rings. The van der Waals surface area contributed by atoms with Crippen molar-refractivity contribution in [2.45, 2.75) is 19.1 Å². The standard InChI is InChI=1S/C15H18FNO2S.ClH/c1-11(15-7-4-8-20-15)17-9-12(18)10-19-14-6-3-2-5-13(14)16;/h2-8,11-12,17-18H,9-10H2,1H3;1H. The Bertz CT molecular complexity index is 524. The molecule has 2 N–H and O–H groups in total. The zero-order chi connectivity index (χ0) is 14.4. The third-order valence-electron chi connectivity index (χ3n) is 2.90. The number of halogens is 2. The molecule has 2 aromatic rings. The molecular formula is C15H19ClFNO2S. The molecule has 0 saturated carbocycles. The zero-order valence-electron chi connectivity index (χ0n) is 11.7. The maximum Gasteiger partial charge on any atom is 0.165 e. The summed E-state index contributed by atoms with van der Waals surface area (Å²) in [6.07, 6.45) is -0.683. The minimum absolute atomic E-state index is 0. The highest BCUT2D eigenvalue weighted by Crippen LogP contribution is 2.18. The summed E-state index contributed by atoms with van der Waals surface area (Å²) < 4.78 is 18.6. The first-order valence-electron chi connectivity index (χ1n) is 6.49.